The lowest BCUT2D eigenvalue weighted by molar-refractivity contribution is 0.0649. The maximum atomic E-state index is 13.9. The molecule has 1 aliphatic heterocycles. The number of imide groups is 1. The van der Waals surface area contributed by atoms with Gasteiger partial charge in [0.15, 0.2) is 0 Å². The van der Waals surface area contributed by atoms with Gasteiger partial charge in [0.25, 0.3) is 11.8 Å². The molecule has 1 aliphatic rings. The molecule has 10 nitrogen and oxygen atoms in total. The first-order valence-corrected chi connectivity index (χ1v) is 15.5. The van der Waals surface area contributed by atoms with Crippen molar-refractivity contribution in [2.75, 3.05) is 24.8 Å². The molecule has 1 atom stereocenters. The average Bonchev–Trinajstić information content (AvgIpc) is 3.28. The van der Waals surface area contributed by atoms with Gasteiger partial charge in [-0.2, -0.15) is 0 Å². The highest BCUT2D eigenvalue weighted by Gasteiger charge is 2.35. The second-order valence-electron chi connectivity index (χ2n) is 10.3. The van der Waals surface area contributed by atoms with Gasteiger partial charge in [0, 0.05) is 31.7 Å². The van der Waals surface area contributed by atoms with Crippen molar-refractivity contribution in [3.05, 3.63) is 106 Å². The first kappa shape index (κ1) is 32.6. The number of ether oxygens (including phenoxy) is 1. The molecule has 14 heteroatoms. The minimum atomic E-state index is -0.812. The third-order valence-electron chi connectivity index (χ3n) is 7.29. The fourth-order valence-electron chi connectivity index (χ4n) is 4.85. The molecule has 0 radical (unpaired) electrons. The molecule has 0 bridgehead atoms. The molecule has 0 fully saturated rings. The number of carbonyl (C=O) groups is 4. The fraction of sp³-hybridized carbons (Fsp3) is 0.219. The Morgan fingerprint density at radius 2 is 1.76 bits per heavy atom. The standard InChI is InChI=1S/C32H28ClF2N5O5S/c1-39(31(43)37-17-20-6-4-9-25(35)28(20)33)27(10-5-13-40-29(41)23-7-2-3-8-24(23)30(40)42)46-18-45-32(44)38-26-15-21-14-22(34)12-11-19(21)16-36-26/h2-4,6-9,11-12,14-16,27H,5,10,13,17-18H2,1H3,(H,37,43)(H,36,38,44)/t27-/m1/s1. The van der Waals surface area contributed by atoms with Gasteiger partial charge in [0.05, 0.1) is 21.5 Å². The zero-order valence-corrected chi connectivity index (χ0v) is 26.0. The van der Waals surface area contributed by atoms with Crippen molar-refractivity contribution in [1.29, 1.82) is 0 Å². The number of hydrogen-bond donors (Lipinski definition) is 2. The third kappa shape index (κ3) is 7.54. The molecule has 0 saturated carbocycles. The van der Waals surface area contributed by atoms with Crippen molar-refractivity contribution in [2.45, 2.75) is 24.8 Å². The smallest absolute Gasteiger partial charge is 0.413 e. The van der Waals surface area contributed by atoms with Crippen LogP contribution in [-0.2, 0) is 11.3 Å². The first-order valence-electron chi connectivity index (χ1n) is 14.1. The lowest BCUT2D eigenvalue weighted by Crippen LogP contribution is -2.42. The van der Waals surface area contributed by atoms with Gasteiger partial charge in [-0.25, -0.2) is 23.4 Å². The van der Waals surface area contributed by atoms with Crippen LogP contribution in [-0.4, -0.2) is 63.6 Å². The topological polar surface area (TPSA) is 121 Å². The number of rotatable bonds is 11. The van der Waals surface area contributed by atoms with Crippen molar-refractivity contribution >= 4 is 63.9 Å². The number of amides is 5. The van der Waals surface area contributed by atoms with Crippen molar-refractivity contribution in [3.63, 3.8) is 0 Å². The minimum Gasteiger partial charge on any atom is -0.438 e. The molecule has 0 saturated heterocycles. The Balaban J connectivity index is 1.19. The molecular weight excluding hydrogens is 640 g/mol. The molecule has 4 aromatic rings. The van der Waals surface area contributed by atoms with Crippen LogP contribution in [0.1, 0.15) is 39.1 Å². The zero-order valence-electron chi connectivity index (χ0n) is 24.5. The zero-order chi connectivity index (χ0) is 32.8. The Labute approximate surface area is 272 Å². The largest absolute Gasteiger partial charge is 0.438 e. The molecule has 238 valence electrons. The first-order chi connectivity index (χ1) is 22.1. The van der Waals surface area contributed by atoms with Crippen LogP contribution in [0.5, 0.6) is 0 Å². The van der Waals surface area contributed by atoms with Crippen molar-refractivity contribution < 1.29 is 32.7 Å². The van der Waals surface area contributed by atoms with Crippen LogP contribution in [0, 0.1) is 11.6 Å². The Kier molecular flexibility index (Phi) is 10.3. The number of aromatic nitrogens is 1. The molecule has 0 spiro atoms. The summed E-state index contributed by atoms with van der Waals surface area (Å²) in [6, 6.07) is 16.1. The summed E-state index contributed by atoms with van der Waals surface area (Å²) in [5.74, 6) is -1.80. The van der Waals surface area contributed by atoms with Crippen LogP contribution in [0.15, 0.2) is 72.9 Å². The van der Waals surface area contributed by atoms with Crippen LogP contribution in [0.25, 0.3) is 10.8 Å². The molecule has 2 heterocycles. The summed E-state index contributed by atoms with van der Waals surface area (Å²) in [4.78, 5) is 57.9. The Morgan fingerprint density at radius 3 is 2.50 bits per heavy atom. The van der Waals surface area contributed by atoms with Gasteiger partial charge in [0.2, 0.25) is 0 Å². The molecule has 5 rings (SSSR count). The predicted molar refractivity (Wildman–Crippen MR) is 171 cm³/mol. The Bertz CT molecular complexity index is 1780. The van der Waals surface area contributed by atoms with Crippen LogP contribution in [0.4, 0.5) is 24.2 Å². The summed E-state index contributed by atoms with van der Waals surface area (Å²) in [5, 5.41) is 5.79. The number of halogens is 3. The van der Waals surface area contributed by atoms with E-state index in [1.165, 1.54) is 46.3 Å². The summed E-state index contributed by atoms with van der Waals surface area (Å²) in [6.07, 6.45) is 1.35. The molecule has 3 aromatic carbocycles. The highest BCUT2D eigenvalue weighted by molar-refractivity contribution is 7.99. The Hall–Kier alpha value is -4.75. The van der Waals surface area contributed by atoms with E-state index in [4.69, 9.17) is 16.3 Å². The average molecular weight is 668 g/mol. The van der Waals surface area contributed by atoms with Crippen molar-refractivity contribution in [2.24, 2.45) is 0 Å². The second kappa shape index (κ2) is 14.6. The van der Waals surface area contributed by atoms with E-state index in [-0.39, 0.29) is 41.7 Å². The number of nitrogens with zero attached hydrogens (tertiary/aromatic N) is 3. The highest BCUT2D eigenvalue weighted by atomic mass is 35.5. The van der Waals surface area contributed by atoms with E-state index in [1.807, 2.05) is 0 Å². The molecule has 46 heavy (non-hydrogen) atoms. The molecule has 0 unspecified atom stereocenters. The van der Waals surface area contributed by atoms with Gasteiger partial charge in [-0.1, -0.05) is 47.6 Å². The number of anilines is 1. The number of hydrogen-bond acceptors (Lipinski definition) is 7. The van der Waals surface area contributed by atoms with Gasteiger partial charge in [-0.15, -0.1) is 0 Å². The Morgan fingerprint density at radius 1 is 1.02 bits per heavy atom. The lowest BCUT2D eigenvalue weighted by Gasteiger charge is -2.28. The van der Waals surface area contributed by atoms with Gasteiger partial charge in [-0.3, -0.25) is 19.8 Å². The third-order valence-corrected chi connectivity index (χ3v) is 8.90. The van der Waals surface area contributed by atoms with Gasteiger partial charge in [0.1, 0.15) is 23.4 Å². The molecule has 2 N–H and O–H groups in total. The highest BCUT2D eigenvalue weighted by Crippen LogP contribution is 2.26. The number of nitrogens with one attached hydrogen (secondary N) is 2. The number of benzene rings is 3. The SMILES string of the molecule is CN(C(=O)NCc1cccc(F)c1Cl)[C@@H](CCCN1C(=O)c2ccccc2C1=O)SCOC(=O)Nc1cc2cc(F)ccc2cn1. The molecule has 1 aromatic heterocycles. The van der Waals surface area contributed by atoms with Crippen LogP contribution < -0.4 is 10.6 Å². The molecular formula is C32H28ClF2N5O5S. The minimum absolute atomic E-state index is 0.0340. The summed E-state index contributed by atoms with van der Waals surface area (Å²) in [5.41, 5.74) is 1.08. The number of urea groups is 1. The van der Waals surface area contributed by atoms with Gasteiger partial charge >= 0.3 is 12.1 Å². The van der Waals surface area contributed by atoms with E-state index in [0.29, 0.717) is 40.3 Å². The maximum absolute atomic E-state index is 13.9. The number of thioether (sulfide) groups is 1. The molecule has 5 amide bonds. The summed E-state index contributed by atoms with van der Waals surface area (Å²) in [6.45, 7) is 0.0844. The van der Waals surface area contributed by atoms with E-state index in [0.717, 1.165) is 11.8 Å². The van der Waals surface area contributed by atoms with Crippen LogP contribution in [0.3, 0.4) is 0 Å². The van der Waals surface area contributed by atoms with Gasteiger partial charge < -0.3 is 15.0 Å². The van der Waals surface area contributed by atoms with E-state index < -0.39 is 29.1 Å². The van der Waals surface area contributed by atoms with E-state index in [2.05, 4.69) is 15.6 Å². The number of fused-ring (bicyclic) bond motifs is 2. The summed E-state index contributed by atoms with van der Waals surface area (Å²) >= 11 is 7.16. The monoisotopic (exact) mass is 667 g/mol. The normalized spacial score (nSPS) is 13.0. The van der Waals surface area contributed by atoms with E-state index >= 15 is 0 Å². The van der Waals surface area contributed by atoms with E-state index in [9.17, 15) is 28.0 Å². The number of pyridine rings is 1. The second-order valence-corrected chi connectivity index (χ2v) is 11.8. The van der Waals surface area contributed by atoms with Crippen molar-refractivity contribution in [1.82, 2.24) is 20.1 Å². The van der Waals surface area contributed by atoms with Crippen LogP contribution >= 0.6 is 23.4 Å². The quantitative estimate of drug-likeness (QED) is 0.136. The predicted octanol–water partition coefficient (Wildman–Crippen LogP) is 6.65. The van der Waals surface area contributed by atoms with Gasteiger partial charge in [-0.05, 0) is 66.3 Å². The summed E-state index contributed by atoms with van der Waals surface area (Å²) < 4.78 is 32.8. The molecule has 0 aliphatic carbocycles. The fourth-order valence-corrected chi connectivity index (χ4v) is 6.03. The van der Waals surface area contributed by atoms with E-state index in [1.54, 1.807) is 43.4 Å². The van der Waals surface area contributed by atoms with Crippen molar-refractivity contribution in [3.8, 4) is 0 Å². The summed E-state index contributed by atoms with van der Waals surface area (Å²) in [7, 11) is 1.54. The number of carbonyl (C=O) groups excluding carboxylic acids is 4. The maximum Gasteiger partial charge on any atom is 0.413 e. The van der Waals surface area contributed by atoms with Crippen LogP contribution in [0.2, 0.25) is 5.02 Å². The lowest BCUT2D eigenvalue weighted by atomic mass is 10.1.